The van der Waals surface area contributed by atoms with E-state index < -0.39 is 0 Å². The van der Waals surface area contributed by atoms with E-state index in [0.717, 1.165) is 12.8 Å². The summed E-state index contributed by atoms with van der Waals surface area (Å²) in [6, 6.07) is 9.34. The first-order chi connectivity index (χ1) is 12.3. The second kappa shape index (κ2) is 8.32. The van der Waals surface area contributed by atoms with Crippen LogP contribution in [-0.4, -0.2) is 53.7 Å². The number of aromatic nitrogens is 2. The summed E-state index contributed by atoms with van der Waals surface area (Å²) < 4.78 is 16.6. The fourth-order valence-electron chi connectivity index (χ4n) is 2.73. The zero-order valence-corrected chi connectivity index (χ0v) is 14.1. The highest BCUT2D eigenvalue weighted by atomic mass is 16.5. The van der Waals surface area contributed by atoms with Crippen molar-refractivity contribution in [2.24, 2.45) is 0 Å². The van der Waals surface area contributed by atoms with Crippen LogP contribution in [0.4, 0.5) is 0 Å². The lowest BCUT2D eigenvalue weighted by Crippen LogP contribution is -2.46. The van der Waals surface area contributed by atoms with Gasteiger partial charge in [-0.1, -0.05) is 12.1 Å². The van der Waals surface area contributed by atoms with Crippen LogP contribution >= 0.6 is 0 Å². The van der Waals surface area contributed by atoms with Crippen LogP contribution in [0.1, 0.15) is 12.8 Å². The van der Waals surface area contributed by atoms with Crippen LogP contribution < -0.4 is 14.2 Å². The molecule has 1 saturated heterocycles. The summed E-state index contributed by atoms with van der Waals surface area (Å²) in [7, 11) is 1.57. The zero-order valence-electron chi connectivity index (χ0n) is 14.1. The minimum Gasteiger partial charge on any atom is -0.493 e. The van der Waals surface area contributed by atoms with E-state index in [1.165, 1.54) is 0 Å². The molecule has 2 heterocycles. The molecule has 7 heteroatoms. The van der Waals surface area contributed by atoms with E-state index in [1.807, 2.05) is 12.1 Å². The topological polar surface area (TPSA) is 73.8 Å². The minimum absolute atomic E-state index is 0.0328. The molecule has 0 aliphatic carbocycles. The van der Waals surface area contributed by atoms with Gasteiger partial charge in [-0.15, -0.1) is 0 Å². The Morgan fingerprint density at radius 2 is 1.96 bits per heavy atom. The van der Waals surface area contributed by atoms with Gasteiger partial charge in [0, 0.05) is 18.9 Å². The lowest BCUT2D eigenvalue weighted by atomic mass is 10.1. The predicted molar refractivity (Wildman–Crippen MR) is 90.8 cm³/mol. The van der Waals surface area contributed by atoms with Crippen molar-refractivity contribution >= 4 is 5.91 Å². The number of methoxy groups -OCH3 is 1. The Labute approximate surface area is 146 Å². The highest BCUT2D eigenvalue weighted by Gasteiger charge is 2.25. The number of rotatable bonds is 6. The Hall–Kier alpha value is -2.83. The number of piperidine rings is 1. The van der Waals surface area contributed by atoms with Crippen molar-refractivity contribution in [3.05, 3.63) is 42.7 Å². The Kier molecular flexibility index (Phi) is 5.66. The van der Waals surface area contributed by atoms with Gasteiger partial charge in [0.05, 0.1) is 13.7 Å². The van der Waals surface area contributed by atoms with Gasteiger partial charge in [0.25, 0.3) is 5.91 Å². The van der Waals surface area contributed by atoms with Crippen molar-refractivity contribution in [1.82, 2.24) is 14.9 Å². The Morgan fingerprint density at radius 1 is 1.20 bits per heavy atom. The summed E-state index contributed by atoms with van der Waals surface area (Å²) >= 11 is 0. The molecule has 1 atom stereocenters. The van der Waals surface area contributed by atoms with E-state index in [9.17, 15) is 4.79 Å². The number of benzene rings is 1. The van der Waals surface area contributed by atoms with Gasteiger partial charge >= 0.3 is 6.01 Å². The Balaban J connectivity index is 1.53. The number of hydrogen-bond acceptors (Lipinski definition) is 6. The number of carbonyl (C=O) groups is 1. The van der Waals surface area contributed by atoms with E-state index >= 15 is 0 Å². The van der Waals surface area contributed by atoms with Gasteiger partial charge < -0.3 is 19.1 Å². The smallest absolute Gasteiger partial charge is 0.316 e. The van der Waals surface area contributed by atoms with Crippen LogP contribution in [0.3, 0.4) is 0 Å². The number of ether oxygens (including phenoxy) is 3. The van der Waals surface area contributed by atoms with E-state index in [1.54, 1.807) is 42.6 Å². The molecule has 0 saturated carbocycles. The van der Waals surface area contributed by atoms with Crippen molar-refractivity contribution in [1.29, 1.82) is 0 Å². The SMILES string of the molecule is COc1ccccc1OCC(=O)N1CCCC(Oc2ncccn2)C1. The lowest BCUT2D eigenvalue weighted by Gasteiger charge is -2.32. The van der Waals surface area contributed by atoms with Crippen molar-refractivity contribution in [3.63, 3.8) is 0 Å². The van der Waals surface area contributed by atoms with Gasteiger partial charge in [-0.05, 0) is 31.0 Å². The van der Waals surface area contributed by atoms with Gasteiger partial charge in [-0.3, -0.25) is 4.79 Å². The molecule has 0 spiro atoms. The van der Waals surface area contributed by atoms with Crippen LogP contribution in [0.2, 0.25) is 0 Å². The number of nitrogens with zero attached hydrogens (tertiary/aromatic N) is 3. The number of amides is 1. The van der Waals surface area contributed by atoms with E-state index in [4.69, 9.17) is 14.2 Å². The normalized spacial score (nSPS) is 17.0. The molecule has 1 unspecified atom stereocenters. The first-order valence-electron chi connectivity index (χ1n) is 8.23. The molecular formula is C18H21N3O4. The van der Waals surface area contributed by atoms with Crippen molar-refractivity contribution < 1.29 is 19.0 Å². The Morgan fingerprint density at radius 3 is 2.72 bits per heavy atom. The summed E-state index contributed by atoms with van der Waals surface area (Å²) in [5, 5.41) is 0. The van der Waals surface area contributed by atoms with E-state index in [0.29, 0.717) is 30.6 Å². The largest absolute Gasteiger partial charge is 0.493 e. The molecule has 3 rings (SSSR count). The molecule has 1 aliphatic heterocycles. The van der Waals surface area contributed by atoms with Crippen molar-refractivity contribution in [2.45, 2.75) is 18.9 Å². The standard InChI is InChI=1S/C18H21N3O4/c1-23-15-7-2-3-8-16(15)24-13-17(22)21-11-4-6-14(12-21)25-18-19-9-5-10-20-18/h2-3,5,7-10,14H,4,6,11-13H2,1H3. The fraction of sp³-hybridized carbons (Fsp3) is 0.389. The molecule has 7 nitrogen and oxygen atoms in total. The molecule has 0 radical (unpaired) electrons. The molecule has 0 bridgehead atoms. The second-order valence-corrected chi connectivity index (χ2v) is 5.69. The van der Waals surface area contributed by atoms with Crippen LogP contribution in [0.5, 0.6) is 17.5 Å². The van der Waals surface area contributed by atoms with Gasteiger partial charge in [-0.25, -0.2) is 9.97 Å². The summed E-state index contributed by atoms with van der Waals surface area (Å²) in [5.74, 6) is 1.09. The molecule has 1 aromatic heterocycles. The van der Waals surface area contributed by atoms with Gasteiger partial charge in [0.2, 0.25) is 0 Å². The third-order valence-electron chi connectivity index (χ3n) is 3.97. The highest BCUT2D eigenvalue weighted by Crippen LogP contribution is 2.25. The maximum atomic E-state index is 12.4. The summed E-state index contributed by atoms with van der Waals surface area (Å²) in [4.78, 5) is 22.3. The molecule has 1 aromatic carbocycles. The first-order valence-corrected chi connectivity index (χ1v) is 8.23. The minimum atomic E-state index is -0.105. The molecule has 132 valence electrons. The fourth-order valence-corrected chi connectivity index (χ4v) is 2.73. The van der Waals surface area contributed by atoms with Crippen LogP contribution in [0.15, 0.2) is 42.7 Å². The average molecular weight is 343 g/mol. The lowest BCUT2D eigenvalue weighted by molar-refractivity contribution is -0.136. The van der Waals surface area contributed by atoms with Crippen molar-refractivity contribution in [3.8, 4) is 17.5 Å². The maximum absolute atomic E-state index is 12.4. The third kappa shape index (κ3) is 4.59. The molecule has 1 fully saturated rings. The van der Waals surface area contributed by atoms with Crippen LogP contribution in [0, 0.1) is 0 Å². The molecule has 25 heavy (non-hydrogen) atoms. The first kappa shape index (κ1) is 17.0. The quantitative estimate of drug-likeness (QED) is 0.798. The van der Waals surface area contributed by atoms with Gasteiger partial charge in [-0.2, -0.15) is 0 Å². The number of likely N-dealkylation sites (tertiary alicyclic amines) is 1. The number of carbonyl (C=O) groups excluding carboxylic acids is 1. The molecule has 0 N–H and O–H groups in total. The summed E-state index contributed by atoms with van der Waals surface area (Å²) in [5.41, 5.74) is 0. The molecule has 2 aromatic rings. The van der Waals surface area contributed by atoms with Gasteiger partial charge in [0.1, 0.15) is 6.10 Å². The summed E-state index contributed by atoms with van der Waals surface area (Å²) in [6.45, 7) is 1.17. The average Bonchev–Trinajstić information content (AvgIpc) is 2.67. The summed E-state index contributed by atoms with van der Waals surface area (Å²) in [6.07, 6.45) is 4.91. The number of para-hydroxylation sites is 2. The Bertz CT molecular complexity index is 696. The molecule has 1 amide bonds. The van der Waals surface area contributed by atoms with E-state index in [2.05, 4.69) is 9.97 Å². The maximum Gasteiger partial charge on any atom is 0.316 e. The van der Waals surface area contributed by atoms with Crippen molar-refractivity contribution in [2.75, 3.05) is 26.8 Å². The predicted octanol–water partition coefficient (Wildman–Crippen LogP) is 1.93. The second-order valence-electron chi connectivity index (χ2n) is 5.69. The van der Waals surface area contributed by atoms with Crippen LogP contribution in [0.25, 0.3) is 0 Å². The monoisotopic (exact) mass is 343 g/mol. The third-order valence-corrected chi connectivity index (χ3v) is 3.97. The zero-order chi connectivity index (χ0) is 17.5. The van der Waals surface area contributed by atoms with E-state index in [-0.39, 0.29) is 18.6 Å². The highest BCUT2D eigenvalue weighted by molar-refractivity contribution is 5.78. The van der Waals surface area contributed by atoms with Gasteiger partial charge in [0.15, 0.2) is 18.1 Å². The molecular weight excluding hydrogens is 322 g/mol. The number of hydrogen-bond donors (Lipinski definition) is 0. The molecule has 1 aliphatic rings. The van der Waals surface area contributed by atoms with Crippen LogP contribution in [-0.2, 0) is 4.79 Å².